The van der Waals surface area contributed by atoms with E-state index in [1.165, 1.54) is 0 Å². The summed E-state index contributed by atoms with van der Waals surface area (Å²) in [6.07, 6.45) is 7.09. The third-order valence-electron chi connectivity index (χ3n) is 4.57. The molecular formula is C17H23N7O. The van der Waals surface area contributed by atoms with Gasteiger partial charge in [0, 0.05) is 37.7 Å². The summed E-state index contributed by atoms with van der Waals surface area (Å²) in [6, 6.07) is 5.64. The highest BCUT2D eigenvalue weighted by molar-refractivity contribution is 5.92. The van der Waals surface area contributed by atoms with E-state index < -0.39 is 0 Å². The van der Waals surface area contributed by atoms with Crippen LogP contribution in [0.4, 0.5) is 11.8 Å². The van der Waals surface area contributed by atoms with Crippen LogP contribution in [0.15, 0.2) is 36.8 Å². The number of aromatic nitrogens is 4. The van der Waals surface area contributed by atoms with Crippen molar-refractivity contribution in [1.82, 2.24) is 25.1 Å². The molecule has 3 heterocycles. The maximum absolute atomic E-state index is 12.4. The van der Waals surface area contributed by atoms with Gasteiger partial charge >= 0.3 is 0 Å². The minimum Gasteiger partial charge on any atom is -0.351 e. The predicted molar refractivity (Wildman–Crippen MR) is 95.2 cm³/mol. The average Bonchev–Trinajstić information content (AvgIpc) is 3.10. The molecule has 1 N–H and O–H groups in total. The molecule has 2 aromatic rings. The summed E-state index contributed by atoms with van der Waals surface area (Å²) in [4.78, 5) is 24.8. The second-order valence-electron chi connectivity index (χ2n) is 6.25. The smallest absolute Gasteiger partial charge is 0.243 e. The van der Waals surface area contributed by atoms with Crippen LogP contribution in [0.5, 0.6) is 0 Å². The van der Waals surface area contributed by atoms with Crippen LogP contribution in [0, 0.1) is 0 Å². The summed E-state index contributed by atoms with van der Waals surface area (Å²) in [7, 11) is 1.96. The van der Waals surface area contributed by atoms with Crippen LogP contribution in [0.2, 0.25) is 0 Å². The summed E-state index contributed by atoms with van der Waals surface area (Å²) in [6.45, 7) is 3.64. The van der Waals surface area contributed by atoms with Gasteiger partial charge in [-0.05, 0) is 45.0 Å². The zero-order chi connectivity index (χ0) is 17.6. The lowest BCUT2D eigenvalue weighted by atomic mass is 10.1. The van der Waals surface area contributed by atoms with Gasteiger partial charge in [0.15, 0.2) is 5.82 Å². The second kappa shape index (κ2) is 7.98. The summed E-state index contributed by atoms with van der Waals surface area (Å²) in [5, 5.41) is 10.9. The second-order valence-corrected chi connectivity index (χ2v) is 6.25. The molecule has 1 fully saturated rings. The molecular weight excluding hydrogens is 318 g/mol. The van der Waals surface area contributed by atoms with Crippen molar-refractivity contribution in [3.63, 3.8) is 0 Å². The number of nitrogens with zero attached hydrogens (tertiary/aromatic N) is 6. The minimum atomic E-state index is -0.284. The molecule has 0 aliphatic carbocycles. The monoisotopic (exact) mass is 341 g/mol. The number of hydrogen-bond acceptors (Lipinski definition) is 7. The van der Waals surface area contributed by atoms with Crippen LogP contribution in [0.25, 0.3) is 0 Å². The molecule has 2 atom stereocenters. The van der Waals surface area contributed by atoms with Crippen molar-refractivity contribution in [2.24, 2.45) is 0 Å². The van der Waals surface area contributed by atoms with Gasteiger partial charge < -0.3 is 4.90 Å². The Hall–Kier alpha value is -2.61. The van der Waals surface area contributed by atoms with E-state index in [4.69, 9.17) is 0 Å². The molecule has 0 bridgehead atoms. The molecule has 0 saturated carbocycles. The zero-order valence-corrected chi connectivity index (χ0v) is 14.5. The van der Waals surface area contributed by atoms with Gasteiger partial charge in [-0.25, -0.2) is 9.97 Å². The number of likely N-dealkylation sites (N-methyl/N-ethyl adjacent to an activating group) is 1. The number of carbonyl (C=O) groups excluding carboxylic acids is 1. The van der Waals surface area contributed by atoms with Crippen LogP contribution >= 0.6 is 0 Å². The van der Waals surface area contributed by atoms with E-state index in [0.717, 1.165) is 31.7 Å². The number of carbonyl (C=O) groups is 1. The molecule has 1 aliphatic rings. The third kappa shape index (κ3) is 4.27. The highest BCUT2D eigenvalue weighted by atomic mass is 16.2. The van der Waals surface area contributed by atoms with Gasteiger partial charge in [0.2, 0.25) is 11.9 Å². The van der Waals surface area contributed by atoms with Crippen molar-refractivity contribution in [3.8, 4) is 0 Å². The third-order valence-corrected chi connectivity index (χ3v) is 4.57. The normalized spacial score (nSPS) is 18.4. The molecule has 8 heteroatoms. The molecule has 0 aromatic carbocycles. The first-order valence-corrected chi connectivity index (χ1v) is 8.47. The van der Waals surface area contributed by atoms with Gasteiger partial charge in [-0.3, -0.25) is 15.0 Å². The number of rotatable bonds is 6. The predicted octanol–water partition coefficient (Wildman–Crippen LogP) is 1.19. The van der Waals surface area contributed by atoms with Gasteiger partial charge in [-0.1, -0.05) is 0 Å². The largest absolute Gasteiger partial charge is 0.351 e. The Bertz CT molecular complexity index is 682. The van der Waals surface area contributed by atoms with Crippen molar-refractivity contribution in [2.75, 3.05) is 30.4 Å². The summed E-state index contributed by atoms with van der Waals surface area (Å²) in [5.74, 6) is 1.11. The van der Waals surface area contributed by atoms with Gasteiger partial charge in [0.05, 0.1) is 6.04 Å². The average molecular weight is 341 g/mol. The van der Waals surface area contributed by atoms with E-state index in [9.17, 15) is 4.79 Å². The van der Waals surface area contributed by atoms with Crippen LogP contribution < -0.4 is 10.2 Å². The Morgan fingerprint density at radius 2 is 2.16 bits per heavy atom. The van der Waals surface area contributed by atoms with Gasteiger partial charge in [-0.2, -0.15) is 5.10 Å². The number of amides is 1. The Morgan fingerprint density at radius 3 is 2.88 bits per heavy atom. The summed E-state index contributed by atoms with van der Waals surface area (Å²) >= 11 is 0. The van der Waals surface area contributed by atoms with E-state index in [0.29, 0.717) is 12.0 Å². The van der Waals surface area contributed by atoms with Crippen molar-refractivity contribution in [1.29, 1.82) is 0 Å². The lowest BCUT2D eigenvalue weighted by Crippen LogP contribution is -2.46. The lowest BCUT2D eigenvalue weighted by molar-refractivity contribution is -0.120. The fourth-order valence-electron chi connectivity index (χ4n) is 3.04. The van der Waals surface area contributed by atoms with Crippen LogP contribution in [-0.2, 0) is 4.79 Å². The number of hydrogen-bond donors (Lipinski definition) is 1. The first-order valence-electron chi connectivity index (χ1n) is 8.47. The highest BCUT2D eigenvalue weighted by Gasteiger charge is 2.29. The van der Waals surface area contributed by atoms with E-state index in [2.05, 4.69) is 35.3 Å². The van der Waals surface area contributed by atoms with Crippen molar-refractivity contribution >= 4 is 17.7 Å². The number of anilines is 2. The Kier molecular flexibility index (Phi) is 5.49. The molecule has 1 saturated heterocycles. The molecule has 0 spiro atoms. The van der Waals surface area contributed by atoms with Crippen LogP contribution in [-0.4, -0.2) is 63.2 Å². The van der Waals surface area contributed by atoms with Gasteiger partial charge in [0.25, 0.3) is 0 Å². The molecule has 2 aromatic heterocycles. The molecule has 1 amide bonds. The molecule has 0 radical (unpaired) electrons. The maximum Gasteiger partial charge on any atom is 0.243 e. The fraction of sp³-hybridized carbons (Fsp3) is 0.471. The van der Waals surface area contributed by atoms with E-state index in [-0.39, 0.29) is 11.9 Å². The van der Waals surface area contributed by atoms with Crippen molar-refractivity contribution < 1.29 is 4.79 Å². The van der Waals surface area contributed by atoms with Crippen LogP contribution in [0.1, 0.15) is 19.8 Å². The number of nitrogens with one attached hydrogen (secondary N) is 1. The minimum absolute atomic E-state index is 0.113. The van der Waals surface area contributed by atoms with E-state index in [1.54, 1.807) is 24.7 Å². The topological polar surface area (TPSA) is 87.1 Å². The molecule has 25 heavy (non-hydrogen) atoms. The maximum atomic E-state index is 12.4. The molecule has 2 unspecified atom stereocenters. The van der Waals surface area contributed by atoms with Gasteiger partial charge in [0.1, 0.15) is 0 Å². The zero-order valence-electron chi connectivity index (χ0n) is 14.5. The van der Waals surface area contributed by atoms with Crippen LogP contribution in [0.3, 0.4) is 0 Å². The molecule has 132 valence electrons. The molecule has 3 rings (SSSR count). The highest BCUT2D eigenvalue weighted by Crippen LogP contribution is 2.24. The van der Waals surface area contributed by atoms with Crippen molar-refractivity contribution in [3.05, 3.63) is 36.8 Å². The fourth-order valence-corrected chi connectivity index (χ4v) is 3.04. The molecule has 8 nitrogen and oxygen atoms in total. The molecule has 1 aliphatic heterocycles. The van der Waals surface area contributed by atoms with E-state index >= 15 is 0 Å². The summed E-state index contributed by atoms with van der Waals surface area (Å²) < 4.78 is 0. The van der Waals surface area contributed by atoms with Gasteiger partial charge in [-0.15, -0.1) is 5.10 Å². The lowest BCUT2D eigenvalue weighted by Gasteiger charge is -2.31. The standard InChI is InChI=1S/C17H23N7O/c1-13(16(25)21-17-18-8-5-9-19-17)23(2)12-14-6-4-11-24(14)15-7-3-10-20-22-15/h3,5,7-10,13-14H,4,6,11-12H2,1-2H3,(H,18,19,21,25). The van der Waals surface area contributed by atoms with E-state index in [1.807, 2.05) is 26.1 Å². The first-order chi connectivity index (χ1) is 12.1. The Balaban J connectivity index is 1.59. The first kappa shape index (κ1) is 17.2. The summed E-state index contributed by atoms with van der Waals surface area (Å²) in [5.41, 5.74) is 0. The van der Waals surface area contributed by atoms with Crippen molar-refractivity contribution in [2.45, 2.75) is 31.8 Å². The quantitative estimate of drug-likeness (QED) is 0.844. The SMILES string of the molecule is CC(C(=O)Nc1ncccn1)N(C)CC1CCCN1c1cccnn1. The Labute approximate surface area is 147 Å². The Morgan fingerprint density at radius 1 is 1.36 bits per heavy atom.